The van der Waals surface area contributed by atoms with Crippen molar-refractivity contribution in [1.29, 1.82) is 0 Å². The molecular formula is C13H15BO3. The van der Waals surface area contributed by atoms with Crippen LogP contribution in [0.1, 0.15) is 6.42 Å². The van der Waals surface area contributed by atoms with Crippen molar-refractivity contribution in [3.63, 3.8) is 0 Å². The summed E-state index contributed by atoms with van der Waals surface area (Å²) in [7, 11) is -1.42. The van der Waals surface area contributed by atoms with Crippen molar-refractivity contribution in [2.24, 2.45) is 5.92 Å². The summed E-state index contributed by atoms with van der Waals surface area (Å²) in [6.07, 6.45) is 9.33. The fourth-order valence-corrected chi connectivity index (χ4v) is 1.69. The van der Waals surface area contributed by atoms with Crippen molar-refractivity contribution >= 4 is 12.6 Å². The fraction of sp³-hybridized carbons (Fsp3) is 0.231. The van der Waals surface area contributed by atoms with E-state index in [1.807, 2.05) is 12.2 Å². The van der Waals surface area contributed by atoms with E-state index in [1.165, 1.54) is 0 Å². The maximum absolute atomic E-state index is 8.95. The highest BCUT2D eigenvalue weighted by atomic mass is 16.5. The van der Waals surface area contributed by atoms with E-state index >= 15 is 0 Å². The molecule has 1 aromatic rings. The zero-order valence-electron chi connectivity index (χ0n) is 9.49. The molecule has 0 heterocycles. The molecule has 4 heteroatoms. The van der Waals surface area contributed by atoms with Crippen LogP contribution in [0.15, 0.2) is 48.6 Å². The average Bonchev–Trinajstić information content (AvgIpc) is 2.38. The maximum atomic E-state index is 8.95. The van der Waals surface area contributed by atoms with Gasteiger partial charge in [-0.3, -0.25) is 0 Å². The Morgan fingerprint density at radius 2 is 1.94 bits per heavy atom. The van der Waals surface area contributed by atoms with Gasteiger partial charge in [-0.05, 0) is 24.0 Å². The second kappa shape index (κ2) is 5.71. The molecular weight excluding hydrogens is 215 g/mol. The quantitative estimate of drug-likeness (QED) is 0.755. The highest BCUT2D eigenvalue weighted by Crippen LogP contribution is 2.15. The molecule has 0 amide bonds. The molecule has 0 aromatic heterocycles. The van der Waals surface area contributed by atoms with E-state index in [2.05, 4.69) is 12.2 Å². The normalized spacial score (nSPS) is 18.1. The lowest BCUT2D eigenvalue weighted by atomic mass is 9.80. The van der Waals surface area contributed by atoms with Crippen LogP contribution >= 0.6 is 0 Å². The molecule has 0 spiro atoms. The van der Waals surface area contributed by atoms with E-state index < -0.39 is 7.12 Å². The standard InChI is InChI=1S/C13H15BO3/c15-14(16)12-6-8-13(9-7-12)17-10-11-4-2-1-3-5-11/h1-4,6-9,11,15-16H,5,10H2. The lowest BCUT2D eigenvalue weighted by Gasteiger charge is -2.14. The van der Waals surface area contributed by atoms with Crippen LogP contribution in [-0.2, 0) is 0 Å². The number of rotatable bonds is 4. The van der Waals surface area contributed by atoms with Crippen molar-refractivity contribution in [2.75, 3.05) is 6.61 Å². The molecule has 0 saturated heterocycles. The lowest BCUT2D eigenvalue weighted by molar-refractivity contribution is 0.276. The molecule has 1 aliphatic rings. The molecule has 1 unspecified atom stereocenters. The summed E-state index contributed by atoms with van der Waals surface area (Å²) in [6.45, 7) is 0.641. The molecule has 0 aliphatic heterocycles. The molecule has 1 aromatic carbocycles. The molecule has 0 fully saturated rings. The second-order valence-corrected chi connectivity index (χ2v) is 4.06. The molecule has 17 heavy (non-hydrogen) atoms. The Balaban J connectivity index is 1.86. The Morgan fingerprint density at radius 3 is 2.53 bits per heavy atom. The van der Waals surface area contributed by atoms with Crippen LogP contribution in [0, 0.1) is 5.92 Å². The highest BCUT2D eigenvalue weighted by Gasteiger charge is 2.10. The number of allylic oxidation sites excluding steroid dienone is 3. The van der Waals surface area contributed by atoms with Crippen molar-refractivity contribution < 1.29 is 14.8 Å². The van der Waals surface area contributed by atoms with Gasteiger partial charge < -0.3 is 14.8 Å². The molecule has 0 bridgehead atoms. The van der Waals surface area contributed by atoms with E-state index in [4.69, 9.17) is 14.8 Å². The topological polar surface area (TPSA) is 49.7 Å². The van der Waals surface area contributed by atoms with Crippen LogP contribution in [0.4, 0.5) is 0 Å². The minimum atomic E-state index is -1.42. The SMILES string of the molecule is OB(O)c1ccc(OCC2C=CC=CC2)cc1. The van der Waals surface area contributed by atoms with Crippen molar-refractivity contribution in [2.45, 2.75) is 6.42 Å². The van der Waals surface area contributed by atoms with Crippen LogP contribution in [0.25, 0.3) is 0 Å². The van der Waals surface area contributed by atoms with Crippen molar-refractivity contribution in [1.82, 2.24) is 0 Å². The third kappa shape index (κ3) is 3.48. The first-order valence-electron chi connectivity index (χ1n) is 5.68. The Hall–Kier alpha value is -1.52. The number of benzene rings is 1. The number of ether oxygens (including phenoxy) is 1. The molecule has 1 aliphatic carbocycles. The monoisotopic (exact) mass is 230 g/mol. The van der Waals surface area contributed by atoms with E-state index in [9.17, 15) is 0 Å². The Labute approximate surface area is 101 Å². The van der Waals surface area contributed by atoms with Gasteiger partial charge in [0.1, 0.15) is 5.75 Å². The van der Waals surface area contributed by atoms with Crippen LogP contribution in [0.2, 0.25) is 0 Å². The molecule has 2 rings (SSSR count). The van der Waals surface area contributed by atoms with Gasteiger partial charge in [0, 0.05) is 5.92 Å². The maximum Gasteiger partial charge on any atom is 0.488 e. The van der Waals surface area contributed by atoms with E-state index in [0.29, 0.717) is 18.0 Å². The van der Waals surface area contributed by atoms with Gasteiger partial charge in [-0.25, -0.2) is 0 Å². The Kier molecular flexibility index (Phi) is 4.01. The Bertz CT molecular complexity index is 409. The van der Waals surface area contributed by atoms with Crippen molar-refractivity contribution in [3.8, 4) is 5.75 Å². The fourth-order valence-electron chi connectivity index (χ4n) is 1.69. The van der Waals surface area contributed by atoms with Crippen LogP contribution in [0.5, 0.6) is 5.75 Å². The molecule has 3 nitrogen and oxygen atoms in total. The second-order valence-electron chi connectivity index (χ2n) is 4.06. The van der Waals surface area contributed by atoms with E-state index in [1.54, 1.807) is 24.3 Å². The van der Waals surface area contributed by atoms with Crippen molar-refractivity contribution in [3.05, 3.63) is 48.6 Å². The zero-order valence-corrected chi connectivity index (χ0v) is 9.49. The molecule has 0 saturated carbocycles. The molecule has 88 valence electrons. The van der Waals surface area contributed by atoms with E-state index in [-0.39, 0.29) is 0 Å². The van der Waals surface area contributed by atoms with Gasteiger partial charge in [-0.2, -0.15) is 0 Å². The minimum Gasteiger partial charge on any atom is -0.493 e. The summed E-state index contributed by atoms with van der Waals surface area (Å²) < 4.78 is 5.63. The summed E-state index contributed by atoms with van der Waals surface area (Å²) in [5.74, 6) is 1.17. The summed E-state index contributed by atoms with van der Waals surface area (Å²) in [5.41, 5.74) is 0.470. The van der Waals surface area contributed by atoms with E-state index in [0.717, 1.165) is 12.2 Å². The van der Waals surface area contributed by atoms with Gasteiger partial charge in [-0.15, -0.1) is 0 Å². The zero-order chi connectivity index (χ0) is 12.1. The summed E-state index contributed by atoms with van der Waals surface area (Å²) >= 11 is 0. The summed E-state index contributed by atoms with van der Waals surface area (Å²) in [4.78, 5) is 0. The lowest BCUT2D eigenvalue weighted by Crippen LogP contribution is -2.29. The van der Waals surface area contributed by atoms with Gasteiger partial charge in [0.15, 0.2) is 0 Å². The van der Waals surface area contributed by atoms with Gasteiger partial charge in [0.2, 0.25) is 0 Å². The summed E-state index contributed by atoms with van der Waals surface area (Å²) in [5, 5.41) is 17.9. The predicted molar refractivity (Wildman–Crippen MR) is 68.1 cm³/mol. The van der Waals surface area contributed by atoms with Gasteiger partial charge >= 0.3 is 7.12 Å². The predicted octanol–water partition coefficient (Wildman–Crippen LogP) is 0.877. The largest absolute Gasteiger partial charge is 0.493 e. The Morgan fingerprint density at radius 1 is 1.18 bits per heavy atom. The smallest absolute Gasteiger partial charge is 0.488 e. The molecule has 2 N–H and O–H groups in total. The summed E-state index contributed by atoms with van der Waals surface area (Å²) in [6, 6.07) is 6.79. The first-order valence-corrected chi connectivity index (χ1v) is 5.68. The number of hydrogen-bond acceptors (Lipinski definition) is 3. The third-order valence-electron chi connectivity index (χ3n) is 2.71. The molecule has 0 radical (unpaired) electrons. The van der Waals surface area contributed by atoms with Crippen LogP contribution < -0.4 is 10.2 Å². The van der Waals surface area contributed by atoms with Gasteiger partial charge in [0.05, 0.1) is 6.61 Å². The minimum absolute atomic E-state index is 0.420. The molecule has 1 atom stereocenters. The highest BCUT2D eigenvalue weighted by molar-refractivity contribution is 6.58. The van der Waals surface area contributed by atoms with Gasteiger partial charge in [0.25, 0.3) is 0 Å². The van der Waals surface area contributed by atoms with Crippen LogP contribution in [0.3, 0.4) is 0 Å². The van der Waals surface area contributed by atoms with Gasteiger partial charge in [-0.1, -0.05) is 36.4 Å². The van der Waals surface area contributed by atoms with Crippen LogP contribution in [-0.4, -0.2) is 23.8 Å². The third-order valence-corrected chi connectivity index (χ3v) is 2.71. The number of hydrogen-bond donors (Lipinski definition) is 2. The first kappa shape index (κ1) is 12.0. The average molecular weight is 230 g/mol. The first-order chi connectivity index (χ1) is 8.25.